The summed E-state index contributed by atoms with van der Waals surface area (Å²) in [5, 5.41) is 17.1. The van der Waals surface area contributed by atoms with E-state index in [1.165, 1.54) is 18.7 Å². The Balaban J connectivity index is 1.61. The Morgan fingerprint density at radius 2 is 2.29 bits per heavy atom. The van der Waals surface area contributed by atoms with Gasteiger partial charge in [-0.2, -0.15) is 0 Å². The minimum atomic E-state index is -0.446. The maximum atomic E-state index is 12.2. The lowest BCUT2D eigenvalue weighted by Gasteiger charge is -2.11. The molecule has 2 heterocycles. The van der Waals surface area contributed by atoms with Crippen LogP contribution in [0.5, 0.6) is 0 Å². The molecule has 7 heteroatoms. The number of carbonyl (C=O) groups excluding carboxylic acids is 1. The zero-order chi connectivity index (χ0) is 14.8. The molecular formula is C14H20N4O3. The minimum Gasteiger partial charge on any atom is -0.351 e. The van der Waals surface area contributed by atoms with Gasteiger partial charge in [0.15, 0.2) is 0 Å². The van der Waals surface area contributed by atoms with E-state index in [1.54, 1.807) is 4.57 Å². The zero-order valence-electron chi connectivity index (χ0n) is 11.9. The lowest BCUT2D eigenvalue weighted by Crippen LogP contribution is -2.31. The summed E-state index contributed by atoms with van der Waals surface area (Å²) in [6.45, 7) is 1.65. The van der Waals surface area contributed by atoms with Crippen molar-refractivity contribution < 1.29 is 9.72 Å². The molecule has 3 rings (SSSR count). The van der Waals surface area contributed by atoms with Crippen molar-refractivity contribution in [1.82, 2.24) is 15.2 Å². The Morgan fingerprint density at radius 3 is 2.90 bits per heavy atom. The highest BCUT2D eigenvalue weighted by Gasteiger charge is 2.30. The molecule has 1 saturated heterocycles. The van der Waals surface area contributed by atoms with Crippen molar-refractivity contribution in [3.05, 3.63) is 28.1 Å². The van der Waals surface area contributed by atoms with Crippen molar-refractivity contribution in [3.8, 4) is 0 Å². The smallest absolute Gasteiger partial charge is 0.287 e. The first kappa shape index (κ1) is 14.1. The number of nitro groups is 1. The van der Waals surface area contributed by atoms with E-state index in [-0.39, 0.29) is 17.6 Å². The molecule has 1 saturated carbocycles. The van der Waals surface area contributed by atoms with Crippen LogP contribution in [-0.4, -0.2) is 34.5 Å². The number of nitrogens with zero attached hydrogens (tertiary/aromatic N) is 2. The summed E-state index contributed by atoms with van der Waals surface area (Å²) in [7, 11) is 0. The van der Waals surface area contributed by atoms with E-state index >= 15 is 0 Å². The van der Waals surface area contributed by atoms with Gasteiger partial charge in [-0.3, -0.25) is 14.9 Å². The van der Waals surface area contributed by atoms with Crippen molar-refractivity contribution in [2.75, 3.05) is 13.1 Å². The molecule has 1 atom stereocenters. The largest absolute Gasteiger partial charge is 0.351 e. The van der Waals surface area contributed by atoms with Crippen molar-refractivity contribution in [2.45, 2.75) is 44.2 Å². The molecule has 1 aromatic heterocycles. The molecule has 2 aliphatic rings. The van der Waals surface area contributed by atoms with Gasteiger partial charge < -0.3 is 15.2 Å². The highest BCUT2D eigenvalue weighted by atomic mass is 16.6. The quantitative estimate of drug-likeness (QED) is 0.615. The number of hydrogen-bond acceptors (Lipinski definition) is 4. The van der Waals surface area contributed by atoms with Crippen molar-refractivity contribution in [3.63, 3.8) is 0 Å². The van der Waals surface area contributed by atoms with E-state index in [1.807, 2.05) is 0 Å². The van der Waals surface area contributed by atoms with Crippen LogP contribution in [0.15, 0.2) is 12.3 Å². The lowest BCUT2D eigenvalue weighted by molar-refractivity contribution is -0.384. The van der Waals surface area contributed by atoms with Gasteiger partial charge in [0.25, 0.3) is 11.6 Å². The number of nitrogens with one attached hydrogen (secondary N) is 2. The van der Waals surface area contributed by atoms with Gasteiger partial charge in [-0.05, 0) is 38.6 Å². The van der Waals surface area contributed by atoms with Crippen LogP contribution in [0.4, 0.5) is 5.69 Å². The molecule has 1 amide bonds. The molecule has 114 valence electrons. The third-order valence-electron chi connectivity index (χ3n) is 4.16. The van der Waals surface area contributed by atoms with E-state index in [0.29, 0.717) is 18.3 Å². The van der Waals surface area contributed by atoms with E-state index in [0.717, 1.165) is 32.2 Å². The maximum absolute atomic E-state index is 12.2. The fourth-order valence-electron chi connectivity index (χ4n) is 2.85. The van der Waals surface area contributed by atoms with Crippen LogP contribution < -0.4 is 10.6 Å². The summed E-state index contributed by atoms with van der Waals surface area (Å²) in [5.74, 6) is -0.215. The first-order valence-corrected chi connectivity index (χ1v) is 7.53. The van der Waals surface area contributed by atoms with Gasteiger partial charge in [0, 0.05) is 24.7 Å². The molecule has 7 nitrogen and oxygen atoms in total. The van der Waals surface area contributed by atoms with E-state index in [2.05, 4.69) is 10.6 Å². The number of hydrogen-bond donors (Lipinski definition) is 2. The average molecular weight is 292 g/mol. The molecule has 2 fully saturated rings. The van der Waals surface area contributed by atoms with Crippen molar-refractivity contribution in [2.24, 2.45) is 0 Å². The highest BCUT2D eigenvalue weighted by Crippen LogP contribution is 2.37. The van der Waals surface area contributed by atoms with Crippen LogP contribution in [0.1, 0.15) is 48.6 Å². The van der Waals surface area contributed by atoms with Crippen LogP contribution in [0.25, 0.3) is 0 Å². The molecule has 1 unspecified atom stereocenters. The molecule has 1 aliphatic carbocycles. The molecule has 1 aromatic rings. The van der Waals surface area contributed by atoms with Gasteiger partial charge in [0.1, 0.15) is 5.69 Å². The second kappa shape index (κ2) is 5.85. The van der Waals surface area contributed by atoms with Gasteiger partial charge in [-0.15, -0.1) is 0 Å². The SMILES string of the molecule is O=C(NCCC1CCCN1)c1cc([N+](=O)[O-])cn1C1CC1. The van der Waals surface area contributed by atoms with Crippen molar-refractivity contribution >= 4 is 11.6 Å². The Hall–Kier alpha value is -1.89. The highest BCUT2D eigenvalue weighted by molar-refractivity contribution is 5.93. The third kappa shape index (κ3) is 3.24. The Labute approximate surface area is 122 Å². The number of rotatable bonds is 6. The van der Waals surface area contributed by atoms with Gasteiger partial charge in [0.05, 0.1) is 11.1 Å². The predicted molar refractivity (Wildman–Crippen MR) is 77.3 cm³/mol. The van der Waals surface area contributed by atoms with E-state index < -0.39 is 4.92 Å². The predicted octanol–water partition coefficient (Wildman–Crippen LogP) is 1.60. The second-order valence-electron chi connectivity index (χ2n) is 5.82. The molecule has 0 radical (unpaired) electrons. The monoisotopic (exact) mass is 292 g/mol. The standard InChI is InChI=1S/C14H20N4O3/c19-14(16-7-5-10-2-1-6-15-10)13-8-12(18(20)21)9-17(13)11-3-4-11/h8-11,15H,1-7H2,(H,16,19). The zero-order valence-corrected chi connectivity index (χ0v) is 11.9. The molecule has 0 bridgehead atoms. The summed E-state index contributed by atoms with van der Waals surface area (Å²) >= 11 is 0. The normalized spacial score (nSPS) is 21.4. The Kier molecular flexibility index (Phi) is 3.92. The minimum absolute atomic E-state index is 0.00971. The van der Waals surface area contributed by atoms with E-state index in [9.17, 15) is 14.9 Å². The number of aromatic nitrogens is 1. The summed E-state index contributed by atoms with van der Waals surface area (Å²) in [6, 6.07) is 2.10. The molecular weight excluding hydrogens is 272 g/mol. The summed E-state index contributed by atoms with van der Waals surface area (Å²) in [6.07, 6.45) is 6.69. The van der Waals surface area contributed by atoms with Crippen molar-refractivity contribution in [1.29, 1.82) is 0 Å². The topological polar surface area (TPSA) is 89.2 Å². The average Bonchev–Trinajstić information content (AvgIpc) is 3.00. The van der Waals surface area contributed by atoms with E-state index in [4.69, 9.17) is 0 Å². The van der Waals surface area contributed by atoms with Gasteiger partial charge >= 0.3 is 0 Å². The van der Waals surface area contributed by atoms with Gasteiger partial charge in [-0.1, -0.05) is 0 Å². The van der Waals surface area contributed by atoms with Crippen LogP contribution in [0.3, 0.4) is 0 Å². The molecule has 21 heavy (non-hydrogen) atoms. The summed E-state index contributed by atoms with van der Waals surface area (Å²) < 4.78 is 1.75. The maximum Gasteiger partial charge on any atom is 0.287 e. The van der Waals surface area contributed by atoms with Crippen LogP contribution >= 0.6 is 0 Å². The third-order valence-corrected chi connectivity index (χ3v) is 4.16. The Bertz CT molecular complexity index is 544. The lowest BCUT2D eigenvalue weighted by atomic mass is 10.1. The molecule has 0 spiro atoms. The van der Waals surface area contributed by atoms with Gasteiger partial charge in [-0.25, -0.2) is 0 Å². The van der Waals surface area contributed by atoms with Crippen LogP contribution in [0, 0.1) is 10.1 Å². The first-order chi connectivity index (χ1) is 10.1. The fourth-order valence-corrected chi connectivity index (χ4v) is 2.85. The molecule has 0 aromatic carbocycles. The summed E-state index contributed by atoms with van der Waals surface area (Å²) in [5.41, 5.74) is 0.396. The first-order valence-electron chi connectivity index (χ1n) is 7.53. The van der Waals surface area contributed by atoms with Crippen LogP contribution in [-0.2, 0) is 0 Å². The number of carbonyl (C=O) groups is 1. The second-order valence-corrected chi connectivity index (χ2v) is 5.82. The number of amides is 1. The molecule has 2 N–H and O–H groups in total. The molecule has 1 aliphatic heterocycles. The fraction of sp³-hybridized carbons (Fsp3) is 0.643. The van der Waals surface area contributed by atoms with Crippen LogP contribution in [0.2, 0.25) is 0 Å². The van der Waals surface area contributed by atoms with Gasteiger partial charge in [0.2, 0.25) is 0 Å². The summed E-state index contributed by atoms with van der Waals surface area (Å²) in [4.78, 5) is 22.7. The Morgan fingerprint density at radius 1 is 1.48 bits per heavy atom.